The molecule has 3 heterocycles. The summed E-state index contributed by atoms with van der Waals surface area (Å²) in [5, 5.41) is 119. The second kappa shape index (κ2) is 36.2. The summed E-state index contributed by atoms with van der Waals surface area (Å²) in [4.78, 5) is 13.1. The maximum Gasteiger partial charge on any atom is 0.220 e. The molecule has 19 heteroatoms. The molecule has 3 fully saturated rings. The molecule has 0 spiro atoms. The summed E-state index contributed by atoms with van der Waals surface area (Å²) in [5.41, 5.74) is 0. The Morgan fingerprint density at radius 3 is 1.48 bits per heavy atom. The number of allylic oxidation sites excluding steroid dienone is 12. The predicted octanol–water partition coefficient (Wildman–Crippen LogP) is 1.92. The van der Waals surface area contributed by atoms with Crippen LogP contribution < -0.4 is 5.32 Å². The van der Waals surface area contributed by atoms with Crippen LogP contribution in [0, 0.1) is 0 Å². The topological polar surface area (TPSA) is 307 Å². The zero-order chi connectivity index (χ0) is 52.0. The average Bonchev–Trinajstić information content (AvgIpc) is 3.36. The van der Waals surface area contributed by atoms with Crippen LogP contribution in [0.5, 0.6) is 0 Å². The van der Waals surface area contributed by atoms with Gasteiger partial charge in [0.1, 0.15) is 73.2 Å². The van der Waals surface area contributed by atoms with Gasteiger partial charge in [-0.3, -0.25) is 4.79 Å². The van der Waals surface area contributed by atoms with Gasteiger partial charge in [-0.05, 0) is 64.2 Å². The van der Waals surface area contributed by atoms with E-state index in [9.17, 15) is 61.0 Å². The summed E-state index contributed by atoms with van der Waals surface area (Å²) in [6.45, 7) is 1.48. The van der Waals surface area contributed by atoms with Gasteiger partial charge in [0.05, 0.1) is 38.6 Å². The van der Waals surface area contributed by atoms with Crippen molar-refractivity contribution in [1.82, 2.24) is 5.32 Å². The Labute approximate surface area is 419 Å². The Bertz CT molecular complexity index is 1590. The molecular weight excluding hydrogens is 927 g/mol. The van der Waals surface area contributed by atoms with Gasteiger partial charge >= 0.3 is 0 Å². The third kappa shape index (κ3) is 21.9. The highest BCUT2D eigenvalue weighted by molar-refractivity contribution is 5.76. The molecule has 3 saturated heterocycles. The molecule has 3 aliphatic rings. The maximum atomic E-state index is 13.1. The van der Waals surface area contributed by atoms with E-state index in [0.717, 1.165) is 77.0 Å². The van der Waals surface area contributed by atoms with Gasteiger partial charge in [-0.1, -0.05) is 119 Å². The first-order valence-corrected chi connectivity index (χ1v) is 25.7. The van der Waals surface area contributed by atoms with Crippen LogP contribution in [0.3, 0.4) is 0 Å². The summed E-state index contributed by atoms with van der Waals surface area (Å²) in [6, 6.07) is -0.910. The quantitative estimate of drug-likeness (QED) is 0.0324. The lowest BCUT2D eigenvalue weighted by Crippen LogP contribution is -2.66. The first-order chi connectivity index (χ1) is 34.3. The number of rotatable bonds is 34. The van der Waals surface area contributed by atoms with Crippen molar-refractivity contribution < 1.29 is 89.4 Å². The van der Waals surface area contributed by atoms with Crippen LogP contribution in [0.15, 0.2) is 72.9 Å². The van der Waals surface area contributed by atoms with E-state index in [4.69, 9.17) is 28.4 Å². The Kier molecular flexibility index (Phi) is 31.9. The second-order valence-corrected chi connectivity index (χ2v) is 18.3. The van der Waals surface area contributed by atoms with Crippen LogP contribution in [-0.4, -0.2) is 193 Å². The molecule has 0 aromatic rings. The fourth-order valence-electron chi connectivity index (χ4n) is 8.25. The molecule has 0 radical (unpaired) electrons. The molecule has 12 N–H and O–H groups in total. The molecule has 3 rings (SSSR count). The third-order valence-electron chi connectivity index (χ3n) is 12.5. The Balaban J connectivity index is 1.48. The van der Waals surface area contributed by atoms with Gasteiger partial charge in [-0.25, -0.2) is 0 Å². The number of ether oxygens (including phenoxy) is 6. The van der Waals surface area contributed by atoms with E-state index in [1.807, 2.05) is 0 Å². The third-order valence-corrected chi connectivity index (χ3v) is 12.5. The first kappa shape index (κ1) is 62.5. The van der Waals surface area contributed by atoms with Gasteiger partial charge in [0.15, 0.2) is 18.9 Å². The van der Waals surface area contributed by atoms with Gasteiger partial charge in [0, 0.05) is 6.42 Å². The SMILES string of the molecule is CC/C=C\C/C=C\C/C=C\C/C=C\C/C=C\C/C=C\CCCCC(=O)NC(COC1OC(CO)C(OC2OC(CO)C(OC3OC(CO)C(O)C(O)C3O)C(O)C2O)C(O)C1O)C(O)CCCCCCC. The first-order valence-electron chi connectivity index (χ1n) is 25.7. The van der Waals surface area contributed by atoms with E-state index in [0.29, 0.717) is 19.3 Å². The summed E-state index contributed by atoms with van der Waals surface area (Å²) in [7, 11) is 0. The second-order valence-electron chi connectivity index (χ2n) is 18.3. The number of hydrogen-bond donors (Lipinski definition) is 12. The molecule has 1 amide bonds. The predicted molar refractivity (Wildman–Crippen MR) is 263 cm³/mol. The lowest BCUT2D eigenvalue weighted by Gasteiger charge is -2.48. The summed E-state index contributed by atoms with van der Waals surface area (Å²) >= 11 is 0. The zero-order valence-corrected chi connectivity index (χ0v) is 41.7. The van der Waals surface area contributed by atoms with E-state index in [1.54, 1.807) is 0 Å². The van der Waals surface area contributed by atoms with Crippen LogP contribution in [0.2, 0.25) is 0 Å². The van der Waals surface area contributed by atoms with Crippen LogP contribution in [0.1, 0.15) is 117 Å². The summed E-state index contributed by atoms with van der Waals surface area (Å²) < 4.78 is 34.0. The van der Waals surface area contributed by atoms with E-state index < -0.39 is 124 Å². The highest BCUT2D eigenvalue weighted by atomic mass is 16.8. The standard InChI is InChI=1S/C52H87NO18/c1-3-5-7-9-10-11-12-13-14-15-16-17-18-19-20-21-22-23-24-26-28-30-40(58)53-35(36(57)29-27-25-8-6-4-2)34-66-50-46(64)43(61)48(38(32-55)68-50)71-52-47(65)44(62)49(39(33-56)69-52)70-51-45(63)42(60)41(59)37(31-54)67-51/h5,7,10-11,13-14,16-17,19-20,22-23,35-39,41-52,54-57,59-65H,3-4,6,8-9,12,15,18,21,24-34H2,1-2H3,(H,53,58)/b7-5-,11-10-,14-13-,17-16-,20-19-,23-22-. The highest BCUT2D eigenvalue weighted by Crippen LogP contribution is 2.33. The van der Waals surface area contributed by atoms with E-state index in [-0.39, 0.29) is 18.9 Å². The minimum atomic E-state index is -1.98. The fourth-order valence-corrected chi connectivity index (χ4v) is 8.25. The van der Waals surface area contributed by atoms with Crippen molar-refractivity contribution in [2.45, 2.75) is 221 Å². The molecular formula is C52H87NO18. The van der Waals surface area contributed by atoms with Crippen molar-refractivity contribution in [3.05, 3.63) is 72.9 Å². The molecule has 19 nitrogen and oxygen atoms in total. The number of unbranched alkanes of at least 4 members (excludes halogenated alkanes) is 6. The van der Waals surface area contributed by atoms with Crippen molar-refractivity contribution in [3.8, 4) is 0 Å². The molecule has 0 aromatic carbocycles. The number of hydrogen-bond acceptors (Lipinski definition) is 18. The van der Waals surface area contributed by atoms with Gasteiger partial charge in [0.25, 0.3) is 0 Å². The largest absolute Gasteiger partial charge is 0.394 e. The van der Waals surface area contributed by atoms with Crippen LogP contribution in [0.25, 0.3) is 0 Å². The van der Waals surface area contributed by atoms with Crippen LogP contribution in [-0.2, 0) is 33.2 Å². The number of amides is 1. The van der Waals surface area contributed by atoms with Crippen LogP contribution in [0.4, 0.5) is 0 Å². The van der Waals surface area contributed by atoms with Crippen molar-refractivity contribution >= 4 is 5.91 Å². The average molecular weight is 1010 g/mol. The smallest absolute Gasteiger partial charge is 0.220 e. The molecule has 408 valence electrons. The molecule has 0 aliphatic carbocycles. The summed E-state index contributed by atoms with van der Waals surface area (Å²) in [5.74, 6) is -0.298. The number of aliphatic hydroxyl groups is 11. The van der Waals surface area contributed by atoms with Gasteiger partial charge < -0.3 is 89.9 Å². The number of carbonyl (C=O) groups is 1. The minimum absolute atomic E-state index is 0.205. The van der Waals surface area contributed by atoms with Crippen molar-refractivity contribution in [2.24, 2.45) is 0 Å². The number of aliphatic hydroxyl groups excluding tert-OH is 11. The zero-order valence-electron chi connectivity index (χ0n) is 41.7. The molecule has 71 heavy (non-hydrogen) atoms. The lowest BCUT2D eigenvalue weighted by atomic mass is 9.96. The normalized spacial score (nSPS) is 32.9. The number of carbonyl (C=O) groups excluding carboxylic acids is 1. The molecule has 17 unspecified atom stereocenters. The van der Waals surface area contributed by atoms with Crippen LogP contribution >= 0.6 is 0 Å². The number of nitrogens with one attached hydrogen (secondary N) is 1. The van der Waals surface area contributed by atoms with Crippen molar-refractivity contribution in [2.75, 3.05) is 26.4 Å². The maximum absolute atomic E-state index is 13.1. The van der Waals surface area contributed by atoms with Gasteiger partial charge in [-0.2, -0.15) is 0 Å². The Morgan fingerprint density at radius 1 is 0.521 bits per heavy atom. The van der Waals surface area contributed by atoms with Gasteiger partial charge in [0.2, 0.25) is 5.91 Å². The Hall–Kier alpha value is -2.77. The molecule has 0 saturated carbocycles. The fraction of sp³-hybridized carbons (Fsp3) is 0.750. The lowest BCUT2D eigenvalue weighted by molar-refractivity contribution is -0.379. The minimum Gasteiger partial charge on any atom is -0.394 e. The van der Waals surface area contributed by atoms with Crippen molar-refractivity contribution in [3.63, 3.8) is 0 Å². The van der Waals surface area contributed by atoms with Crippen molar-refractivity contribution in [1.29, 1.82) is 0 Å². The molecule has 17 atom stereocenters. The Morgan fingerprint density at radius 2 is 0.972 bits per heavy atom. The molecule has 0 bridgehead atoms. The molecule has 0 aromatic heterocycles. The monoisotopic (exact) mass is 1010 g/mol. The summed E-state index contributed by atoms with van der Waals surface area (Å²) in [6.07, 6.45) is 12.2. The highest BCUT2D eigenvalue weighted by Gasteiger charge is 2.53. The van der Waals surface area contributed by atoms with E-state index in [2.05, 4.69) is 92.1 Å². The van der Waals surface area contributed by atoms with Gasteiger partial charge in [-0.15, -0.1) is 0 Å². The van der Waals surface area contributed by atoms with E-state index in [1.165, 1.54) is 0 Å². The molecule has 3 aliphatic heterocycles. The van der Waals surface area contributed by atoms with E-state index >= 15 is 0 Å².